The molecule has 0 fully saturated rings. The molecule has 3 rings (SSSR count). The first-order valence-corrected chi connectivity index (χ1v) is 9.67. The molecule has 0 aliphatic heterocycles. The average Bonchev–Trinajstić information content (AvgIpc) is 3.28. The lowest BCUT2D eigenvalue weighted by Gasteiger charge is -2.11. The van der Waals surface area contributed by atoms with Gasteiger partial charge in [-0.05, 0) is 48.5 Å². The van der Waals surface area contributed by atoms with Gasteiger partial charge in [0.1, 0.15) is 11.5 Å². The normalized spacial score (nSPS) is 10.3. The third-order valence-corrected chi connectivity index (χ3v) is 4.92. The van der Waals surface area contributed by atoms with Crippen LogP contribution < -0.4 is 20.1 Å². The van der Waals surface area contributed by atoms with E-state index in [1.807, 2.05) is 12.1 Å². The predicted molar refractivity (Wildman–Crippen MR) is 112 cm³/mol. The van der Waals surface area contributed by atoms with Gasteiger partial charge in [-0.2, -0.15) is 0 Å². The zero-order chi connectivity index (χ0) is 20.6. The molecule has 7 nitrogen and oxygen atoms in total. The Labute approximate surface area is 172 Å². The molecule has 0 bridgehead atoms. The Bertz CT molecular complexity index is 971. The molecule has 150 valence electrons. The smallest absolute Gasteiger partial charge is 0.291 e. The molecule has 3 aromatic rings. The number of anilines is 2. The molecule has 29 heavy (non-hydrogen) atoms. The van der Waals surface area contributed by atoms with E-state index in [9.17, 15) is 9.59 Å². The number of thioether (sulfide) groups is 1. The summed E-state index contributed by atoms with van der Waals surface area (Å²) in [5.41, 5.74) is 1.22. The van der Waals surface area contributed by atoms with Crippen molar-refractivity contribution in [1.29, 1.82) is 0 Å². The maximum Gasteiger partial charge on any atom is 0.291 e. The molecule has 0 atom stereocenters. The summed E-state index contributed by atoms with van der Waals surface area (Å²) >= 11 is 1.39. The van der Waals surface area contributed by atoms with Crippen LogP contribution in [0.5, 0.6) is 11.5 Å². The number of benzene rings is 2. The number of furan rings is 1. The Hall–Kier alpha value is -3.39. The summed E-state index contributed by atoms with van der Waals surface area (Å²) in [7, 11) is 3.10. The number of amides is 2. The predicted octanol–water partition coefficient (Wildman–Crippen LogP) is 4.28. The topological polar surface area (TPSA) is 89.8 Å². The van der Waals surface area contributed by atoms with Crippen LogP contribution >= 0.6 is 11.8 Å². The molecule has 0 radical (unpaired) electrons. The van der Waals surface area contributed by atoms with Gasteiger partial charge in [0.15, 0.2) is 5.76 Å². The SMILES string of the molecule is COc1ccc(NC(=O)CSc2ccc(NC(=O)c3ccco3)cc2)c(OC)c1. The highest BCUT2D eigenvalue weighted by Gasteiger charge is 2.11. The van der Waals surface area contributed by atoms with Gasteiger partial charge in [0.25, 0.3) is 5.91 Å². The Balaban J connectivity index is 1.52. The summed E-state index contributed by atoms with van der Waals surface area (Å²) in [5.74, 6) is 1.17. The number of rotatable bonds is 8. The lowest BCUT2D eigenvalue weighted by atomic mass is 10.2. The third-order valence-electron chi connectivity index (χ3n) is 3.91. The van der Waals surface area contributed by atoms with E-state index < -0.39 is 0 Å². The van der Waals surface area contributed by atoms with Crippen LogP contribution in [0.25, 0.3) is 0 Å². The van der Waals surface area contributed by atoms with Crippen molar-refractivity contribution in [3.63, 3.8) is 0 Å². The summed E-state index contributed by atoms with van der Waals surface area (Å²) in [4.78, 5) is 25.1. The Morgan fingerprint density at radius 2 is 1.79 bits per heavy atom. The highest BCUT2D eigenvalue weighted by atomic mass is 32.2. The highest BCUT2D eigenvalue weighted by molar-refractivity contribution is 8.00. The van der Waals surface area contributed by atoms with Gasteiger partial charge in [0.05, 0.1) is 31.9 Å². The van der Waals surface area contributed by atoms with Crippen molar-refractivity contribution >= 4 is 35.0 Å². The molecule has 1 heterocycles. The number of hydrogen-bond donors (Lipinski definition) is 2. The molecule has 0 aliphatic carbocycles. The Kier molecular flexibility index (Phi) is 6.80. The monoisotopic (exact) mass is 412 g/mol. The standard InChI is InChI=1S/C21H20N2O5S/c1-26-15-7-10-17(19(12-15)27-2)23-20(24)13-29-16-8-5-14(6-9-16)22-21(25)18-4-3-11-28-18/h3-12H,13H2,1-2H3,(H,22,25)(H,23,24). The van der Waals surface area contributed by atoms with Crippen molar-refractivity contribution < 1.29 is 23.5 Å². The van der Waals surface area contributed by atoms with Gasteiger partial charge in [0.2, 0.25) is 5.91 Å². The number of carbonyl (C=O) groups excluding carboxylic acids is 2. The van der Waals surface area contributed by atoms with Crippen LogP contribution in [-0.4, -0.2) is 31.8 Å². The number of methoxy groups -OCH3 is 2. The molecule has 2 N–H and O–H groups in total. The number of nitrogens with one attached hydrogen (secondary N) is 2. The van der Waals surface area contributed by atoms with Gasteiger partial charge < -0.3 is 24.5 Å². The summed E-state index contributed by atoms with van der Waals surface area (Å²) in [6.07, 6.45) is 1.45. The molecule has 0 saturated carbocycles. The molecule has 1 aromatic heterocycles. The fourth-order valence-corrected chi connectivity index (χ4v) is 3.17. The van der Waals surface area contributed by atoms with Gasteiger partial charge >= 0.3 is 0 Å². The van der Waals surface area contributed by atoms with Crippen molar-refractivity contribution in [3.8, 4) is 11.5 Å². The van der Waals surface area contributed by atoms with Crippen LogP contribution in [-0.2, 0) is 4.79 Å². The Morgan fingerprint density at radius 1 is 1.00 bits per heavy atom. The van der Waals surface area contributed by atoms with E-state index in [1.54, 1.807) is 49.6 Å². The minimum Gasteiger partial charge on any atom is -0.497 e. The molecule has 2 aromatic carbocycles. The fraction of sp³-hybridized carbons (Fsp3) is 0.143. The minimum atomic E-state index is -0.316. The zero-order valence-electron chi connectivity index (χ0n) is 15.9. The first kappa shape index (κ1) is 20.3. The van der Waals surface area contributed by atoms with Crippen LogP contribution in [0.4, 0.5) is 11.4 Å². The van der Waals surface area contributed by atoms with E-state index in [0.29, 0.717) is 22.9 Å². The summed E-state index contributed by atoms with van der Waals surface area (Å²) in [5, 5.41) is 5.57. The molecule has 2 amide bonds. The van der Waals surface area contributed by atoms with Crippen LogP contribution in [0.2, 0.25) is 0 Å². The zero-order valence-corrected chi connectivity index (χ0v) is 16.7. The van der Waals surface area contributed by atoms with Crippen LogP contribution in [0.3, 0.4) is 0 Å². The second-order valence-corrected chi connectivity index (χ2v) is 6.91. The minimum absolute atomic E-state index is 0.159. The summed E-state index contributed by atoms with van der Waals surface area (Å²) < 4.78 is 15.5. The number of ether oxygens (including phenoxy) is 2. The maximum atomic E-state index is 12.3. The maximum absolute atomic E-state index is 12.3. The van der Waals surface area contributed by atoms with Crippen molar-refractivity contribution in [1.82, 2.24) is 0 Å². The van der Waals surface area contributed by atoms with Gasteiger partial charge in [-0.15, -0.1) is 11.8 Å². The van der Waals surface area contributed by atoms with Gasteiger partial charge in [0, 0.05) is 16.6 Å². The van der Waals surface area contributed by atoms with E-state index >= 15 is 0 Å². The van der Waals surface area contributed by atoms with Gasteiger partial charge in [-0.1, -0.05) is 0 Å². The van der Waals surface area contributed by atoms with E-state index in [4.69, 9.17) is 13.9 Å². The highest BCUT2D eigenvalue weighted by Crippen LogP contribution is 2.29. The summed E-state index contributed by atoms with van der Waals surface area (Å²) in [6.45, 7) is 0. The van der Waals surface area contributed by atoms with Crippen LogP contribution in [0.1, 0.15) is 10.6 Å². The third kappa shape index (κ3) is 5.55. The molecule has 0 spiro atoms. The second kappa shape index (κ2) is 9.70. The molecule has 0 aliphatic rings. The first-order valence-electron chi connectivity index (χ1n) is 8.68. The van der Waals surface area contributed by atoms with Gasteiger partial charge in [-0.3, -0.25) is 9.59 Å². The lowest BCUT2D eigenvalue weighted by Crippen LogP contribution is -2.14. The largest absolute Gasteiger partial charge is 0.497 e. The fourth-order valence-electron chi connectivity index (χ4n) is 2.47. The lowest BCUT2D eigenvalue weighted by molar-refractivity contribution is -0.113. The van der Waals surface area contributed by atoms with Crippen molar-refractivity contribution in [3.05, 3.63) is 66.6 Å². The molecule has 0 unspecified atom stereocenters. The molecule has 8 heteroatoms. The quantitative estimate of drug-likeness (QED) is 0.537. The van der Waals surface area contributed by atoms with E-state index in [2.05, 4.69) is 10.6 Å². The molecular formula is C21H20N2O5S. The molecule has 0 saturated heterocycles. The first-order chi connectivity index (χ1) is 14.1. The van der Waals surface area contributed by atoms with E-state index in [0.717, 1.165) is 4.90 Å². The van der Waals surface area contributed by atoms with Gasteiger partial charge in [-0.25, -0.2) is 0 Å². The van der Waals surface area contributed by atoms with Crippen molar-refractivity contribution in [2.24, 2.45) is 0 Å². The van der Waals surface area contributed by atoms with Crippen molar-refractivity contribution in [2.45, 2.75) is 4.90 Å². The summed E-state index contributed by atoms with van der Waals surface area (Å²) in [6, 6.07) is 15.7. The average molecular weight is 412 g/mol. The number of hydrogen-bond acceptors (Lipinski definition) is 6. The Morgan fingerprint density at radius 3 is 2.45 bits per heavy atom. The molecular weight excluding hydrogens is 392 g/mol. The number of carbonyl (C=O) groups is 2. The van der Waals surface area contributed by atoms with E-state index in [-0.39, 0.29) is 23.3 Å². The second-order valence-electron chi connectivity index (χ2n) is 5.86. The van der Waals surface area contributed by atoms with E-state index in [1.165, 1.54) is 25.1 Å². The van der Waals surface area contributed by atoms with Crippen molar-refractivity contribution in [2.75, 3.05) is 30.6 Å². The van der Waals surface area contributed by atoms with Crippen LogP contribution in [0.15, 0.2) is 70.2 Å². The van der Waals surface area contributed by atoms with Crippen LogP contribution in [0, 0.1) is 0 Å².